The zero-order valence-electron chi connectivity index (χ0n) is 5.90. The van der Waals surface area contributed by atoms with Crippen molar-refractivity contribution in [3.8, 4) is 0 Å². The minimum Gasteiger partial charge on any atom is -0.456 e. The molecule has 1 aliphatic rings. The van der Waals surface area contributed by atoms with Gasteiger partial charge in [0.2, 0.25) is 0 Å². The van der Waals surface area contributed by atoms with Crippen molar-refractivity contribution in [1.82, 2.24) is 0 Å². The van der Waals surface area contributed by atoms with Crippen molar-refractivity contribution < 1.29 is 19.7 Å². The van der Waals surface area contributed by atoms with Crippen LogP contribution >= 0.6 is 15.9 Å². The minimum atomic E-state index is -0.956. The first-order valence-electron chi connectivity index (χ1n) is 3.24. The molecule has 5 heteroatoms. The van der Waals surface area contributed by atoms with Crippen LogP contribution in [0.15, 0.2) is 0 Å². The number of aliphatic hydroxyl groups is 2. The molecule has 0 unspecified atom stereocenters. The molecule has 0 aliphatic carbocycles. The van der Waals surface area contributed by atoms with E-state index in [9.17, 15) is 9.90 Å². The molecule has 0 radical (unpaired) electrons. The maximum atomic E-state index is 10.8. The Balaban J connectivity index is 2.67. The normalized spacial score (nSPS) is 40.4. The van der Waals surface area contributed by atoms with Crippen molar-refractivity contribution in [2.24, 2.45) is 0 Å². The fourth-order valence-electron chi connectivity index (χ4n) is 0.959. The highest BCUT2D eigenvalue weighted by Crippen LogP contribution is 2.24. The fraction of sp³-hybridized carbons (Fsp3) is 0.833. The SMILES string of the molecule is C[C@H](O)[C@@H]1OC(=O)[C@@H](Br)[C@@H]1O. The molecule has 4 nitrogen and oxygen atoms in total. The Labute approximate surface area is 72.3 Å². The number of rotatable bonds is 1. The average molecular weight is 225 g/mol. The lowest BCUT2D eigenvalue weighted by molar-refractivity contribution is -0.145. The van der Waals surface area contributed by atoms with Crippen LogP contribution in [0, 0.1) is 0 Å². The predicted molar refractivity (Wildman–Crippen MR) is 40.3 cm³/mol. The quantitative estimate of drug-likeness (QED) is 0.462. The maximum absolute atomic E-state index is 10.8. The number of aliphatic hydroxyl groups excluding tert-OH is 2. The molecule has 0 aromatic rings. The van der Waals surface area contributed by atoms with Crippen molar-refractivity contribution in [3.05, 3.63) is 0 Å². The van der Waals surface area contributed by atoms with Gasteiger partial charge in [0.25, 0.3) is 0 Å². The monoisotopic (exact) mass is 224 g/mol. The van der Waals surface area contributed by atoms with Gasteiger partial charge in [-0.15, -0.1) is 0 Å². The van der Waals surface area contributed by atoms with Gasteiger partial charge in [0, 0.05) is 0 Å². The molecular formula is C6H9BrO4. The number of hydrogen-bond acceptors (Lipinski definition) is 4. The van der Waals surface area contributed by atoms with E-state index in [1.165, 1.54) is 6.92 Å². The summed E-state index contributed by atoms with van der Waals surface area (Å²) < 4.78 is 4.66. The van der Waals surface area contributed by atoms with Gasteiger partial charge in [0.15, 0.2) is 6.10 Å². The van der Waals surface area contributed by atoms with Crippen LogP contribution in [0.25, 0.3) is 0 Å². The van der Waals surface area contributed by atoms with Crippen molar-refractivity contribution in [2.75, 3.05) is 0 Å². The molecule has 0 aromatic carbocycles. The first-order valence-corrected chi connectivity index (χ1v) is 4.16. The molecule has 64 valence electrons. The number of halogens is 1. The van der Waals surface area contributed by atoms with Gasteiger partial charge in [0.05, 0.1) is 6.10 Å². The summed E-state index contributed by atoms with van der Waals surface area (Å²) in [6.07, 6.45) is -2.59. The van der Waals surface area contributed by atoms with Crippen molar-refractivity contribution in [1.29, 1.82) is 0 Å². The van der Waals surface area contributed by atoms with Gasteiger partial charge in [-0.1, -0.05) is 15.9 Å². The lowest BCUT2D eigenvalue weighted by Gasteiger charge is -2.15. The highest BCUT2D eigenvalue weighted by molar-refractivity contribution is 9.10. The first-order chi connectivity index (χ1) is 5.04. The van der Waals surface area contributed by atoms with Gasteiger partial charge in [0.1, 0.15) is 10.9 Å². The third-order valence-corrected chi connectivity index (χ3v) is 2.50. The number of carbonyl (C=O) groups excluding carboxylic acids is 1. The second kappa shape index (κ2) is 3.08. The van der Waals surface area contributed by atoms with Crippen molar-refractivity contribution in [2.45, 2.75) is 30.1 Å². The topological polar surface area (TPSA) is 66.8 Å². The Morgan fingerprint density at radius 3 is 2.45 bits per heavy atom. The smallest absolute Gasteiger partial charge is 0.323 e. The van der Waals surface area contributed by atoms with Crippen LogP contribution in [0.1, 0.15) is 6.92 Å². The van der Waals surface area contributed by atoms with Crippen LogP contribution < -0.4 is 0 Å². The van der Waals surface area contributed by atoms with Gasteiger partial charge in [-0.05, 0) is 6.92 Å². The number of cyclic esters (lactones) is 1. The highest BCUT2D eigenvalue weighted by Gasteiger charge is 2.44. The van der Waals surface area contributed by atoms with Crippen molar-refractivity contribution >= 4 is 21.9 Å². The molecule has 0 amide bonds. The van der Waals surface area contributed by atoms with E-state index in [0.29, 0.717) is 0 Å². The molecule has 4 atom stereocenters. The second-order valence-electron chi connectivity index (χ2n) is 2.53. The summed E-state index contributed by atoms with van der Waals surface area (Å²) in [5.41, 5.74) is 0. The fourth-order valence-corrected chi connectivity index (χ4v) is 1.37. The van der Waals surface area contributed by atoms with E-state index in [1.807, 2.05) is 0 Å². The van der Waals surface area contributed by atoms with E-state index in [2.05, 4.69) is 20.7 Å². The zero-order valence-corrected chi connectivity index (χ0v) is 7.48. The molecule has 0 bridgehead atoms. The van der Waals surface area contributed by atoms with E-state index in [0.717, 1.165) is 0 Å². The lowest BCUT2D eigenvalue weighted by atomic mass is 10.1. The Morgan fingerprint density at radius 2 is 2.27 bits per heavy atom. The second-order valence-corrected chi connectivity index (χ2v) is 3.52. The van der Waals surface area contributed by atoms with Gasteiger partial charge < -0.3 is 14.9 Å². The summed E-state index contributed by atoms with van der Waals surface area (Å²) in [6.45, 7) is 1.46. The van der Waals surface area contributed by atoms with Gasteiger partial charge >= 0.3 is 5.97 Å². The summed E-state index contributed by atoms with van der Waals surface area (Å²) in [4.78, 5) is 10.1. The standard InChI is InChI=1S/C6H9BrO4/c1-2(8)5-4(9)3(7)6(10)11-5/h2-5,8-9H,1H3/t2-,3-,4-,5-/m0/s1. The Bertz CT molecular complexity index is 170. The molecule has 1 aliphatic heterocycles. The van der Waals surface area contributed by atoms with Gasteiger partial charge in [-0.25, -0.2) is 0 Å². The molecule has 0 spiro atoms. The third kappa shape index (κ3) is 1.55. The van der Waals surface area contributed by atoms with Crippen molar-refractivity contribution in [3.63, 3.8) is 0 Å². The minimum absolute atomic E-state index is 0.525. The van der Waals surface area contributed by atoms with Gasteiger partial charge in [-0.3, -0.25) is 4.79 Å². The van der Waals surface area contributed by atoms with E-state index in [1.54, 1.807) is 0 Å². The predicted octanol–water partition coefficient (Wildman–Crippen LogP) is -0.583. The Kier molecular flexibility index (Phi) is 2.51. The molecule has 0 saturated carbocycles. The maximum Gasteiger partial charge on any atom is 0.323 e. The summed E-state index contributed by atoms with van der Waals surface area (Å²) in [5.74, 6) is -0.525. The van der Waals surface area contributed by atoms with Gasteiger partial charge in [-0.2, -0.15) is 0 Å². The number of ether oxygens (including phenoxy) is 1. The highest BCUT2D eigenvalue weighted by atomic mass is 79.9. The molecule has 1 fully saturated rings. The zero-order chi connectivity index (χ0) is 8.59. The van der Waals surface area contributed by atoms with Crippen LogP contribution in [0.2, 0.25) is 0 Å². The molecular weight excluding hydrogens is 216 g/mol. The first kappa shape index (κ1) is 8.96. The summed E-state index contributed by atoms with van der Waals surface area (Å²) >= 11 is 2.94. The van der Waals surface area contributed by atoms with E-state index in [4.69, 9.17) is 5.11 Å². The van der Waals surface area contributed by atoms with Crippen LogP contribution in [-0.4, -0.2) is 39.3 Å². The summed E-state index contributed by atoms with van der Waals surface area (Å²) in [6, 6.07) is 0. The van der Waals surface area contributed by atoms with Crippen LogP contribution in [0.5, 0.6) is 0 Å². The van der Waals surface area contributed by atoms with Crippen LogP contribution in [-0.2, 0) is 9.53 Å². The van der Waals surface area contributed by atoms with Crippen LogP contribution in [0.4, 0.5) is 0 Å². The molecule has 1 rings (SSSR count). The Morgan fingerprint density at radius 1 is 1.73 bits per heavy atom. The van der Waals surface area contributed by atoms with E-state index < -0.39 is 29.1 Å². The largest absolute Gasteiger partial charge is 0.456 e. The van der Waals surface area contributed by atoms with E-state index in [-0.39, 0.29) is 0 Å². The molecule has 11 heavy (non-hydrogen) atoms. The summed E-state index contributed by atoms with van der Waals surface area (Å²) in [5, 5.41) is 18.2. The third-order valence-electron chi connectivity index (χ3n) is 1.59. The number of carbonyl (C=O) groups is 1. The molecule has 2 N–H and O–H groups in total. The van der Waals surface area contributed by atoms with E-state index >= 15 is 0 Å². The number of alkyl halides is 1. The molecule has 0 aromatic heterocycles. The molecule has 1 heterocycles. The average Bonchev–Trinajstić information content (AvgIpc) is 2.17. The number of esters is 1. The lowest BCUT2D eigenvalue weighted by Crippen LogP contribution is -2.35. The van der Waals surface area contributed by atoms with Crippen LogP contribution in [0.3, 0.4) is 0 Å². The summed E-state index contributed by atoms with van der Waals surface area (Å²) in [7, 11) is 0. The Hall–Kier alpha value is -0.130. The number of hydrogen-bond donors (Lipinski definition) is 2. The molecule has 1 saturated heterocycles.